The largest absolute Gasteiger partial charge is 0.508 e. The minimum absolute atomic E-state index is 0.0850. The summed E-state index contributed by atoms with van der Waals surface area (Å²) in [5.41, 5.74) is 0.486. The molecule has 0 spiro atoms. The summed E-state index contributed by atoms with van der Waals surface area (Å²) in [4.78, 5) is 23.6. The molecule has 0 radical (unpaired) electrons. The maximum atomic E-state index is 11.9. The fourth-order valence-electron chi connectivity index (χ4n) is 2.50. The zero-order valence-electron chi connectivity index (χ0n) is 11.6. The molecule has 0 aliphatic heterocycles. The van der Waals surface area contributed by atoms with E-state index in [0.717, 1.165) is 19.3 Å². The number of amides is 2. The third-order valence-corrected chi connectivity index (χ3v) is 3.76. The van der Waals surface area contributed by atoms with E-state index in [1.165, 1.54) is 18.6 Å². The van der Waals surface area contributed by atoms with Crippen molar-refractivity contribution in [1.29, 1.82) is 0 Å². The van der Waals surface area contributed by atoms with Gasteiger partial charge in [0.05, 0.1) is 0 Å². The number of anilines is 1. The third kappa shape index (κ3) is 3.73. The molecule has 0 heterocycles. The van der Waals surface area contributed by atoms with Crippen LogP contribution < -0.4 is 10.6 Å². The summed E-state index contributed by atoms with van der Waals surface area (Å²) in [6, 6.07) is 6.09. The van der Waals surface area contributed by atoms with E-state index in [-0.39, 0.29) is 11.8 Å². The summed E-state index contributed by atoms with van der Waals surface area (Å²) >= 11 is 0. The van der Waals surface area contributed by atoms with Gasteiger partial charge in [-0.15, -0.1) is 0 Å². The Hall–Kier alpha value is -2.04. The van der Waals surface area contributed by atoms with E-state index in [4.69, 9.17) is 5.11 Å². The normalized spacial score (nSPS) is 22.1. The Bertz CT molecular complexity index is 484. The zero-order chi connectivity index (χ0) is 14.5. The van der Waals surface area contributed by atoms with Gasteiger partial charge in [-0.2, -0.15) is 0 Å². The van der Waals surface area contributed by atoms with Crippen molar-refractivity contribution in [2.45, 2.75) is 38.6 Å². The molecule has 2 amide bonds. The lowest BCUT2D eigenvalue weighted by Crippen LogP contribution is -2.45. The summed E-state index contributed by atoms with van der Waals surface area (Å²) in [5.74, 6) is -0.747. The number of carbonyl (C=O) groups excluding carboxylic acids is 2. The Balaban J connectivity index is 1.88. The number of benzene rings is 1. The molecule has 0 saturated heterocycles. The number of phenols is 1. The minimum Gasteiger partial charge on any atom is -0.508 e. The standard InChI is InChI=1S/C15H20N2O3/c1-10-4-2-3-5-13(10)17-15(20)14(19)16-11-6-8-12(18)9-7-11/h6-10,13,18H,2-5H2,1H3,(H,16,19)(H,17,20). The quantitative estimate of drug-likeness (QED) is 0.571. The van der Waals surface area contributed by atoms with Gasteiger partial charge in [0.2, 0.25) is 0 Å². The van der Waals surface area contributed by atoms with E-state index in [0.29, 0.717) is 11.6 Å². The number of nitrogens with one attached hydrogen (secondary N) is 2. The molecule has 0 bridgehead atoms. The maximum Gasteiger partial charge on any atom is 0.313 e. The molecule has 1 saturated carbocycles. The average molecular weight is 276 g/mol. The number of aromatic hydroxyl groups is 1. The van der Waals surface area contributed by atoms with Crippen LogP contribution in [0.3, 0.4) is 0 Å². The van der Waals surface area contributed by atoms with Crippen molar-refractivity contribution >= 4 is 17.5 Å². The molecular formula is C15H20N2O3. The van der Waals surface area contributed by atoms with Crippen LogP contribution in [0.5, 0.6) is 5.75 Å². The molecule has 1 fully saturated rings. The average Bonchev–Trinajstić information content (AvgIpc) is 2.44. The minimum atomic E-state index is -0.673. The topological polar surface area (TPSA) is 78.4 Å². The summed E-state index contributed by atoms with van der Waals surface area (Å²) in [6.07, 6.45) is 4.30. The van der Waals surface area contributed by atoms with Crippen LogP contribution in [0.4, 0.5) is 5.69 Å². The Morgan fingerprint density at radius 1 is 1.10 bits per heavy atom. The zero-order valence-corrected chi connectivity index (χ0v) is 11.6. The first-order chi connectivity index (χ1) is 9.56. The highest BCUT2D eigenvalue weighted by atomic mass is 16.3. The van der Waals surface area contributed by atoms with E-state index in [1.807, 2.05) is 0 Å². The lowest BCUT2D eigenvalue weighted by atomic mass is 9.86. The van der Waals surface area contributed by atoms with Gasteiger partial charge in [-0.25, -0.2) is 0 Å². The SMILES string of the molecule is CC1CCCCC1NC(=O)C(=O)Nc1ccc(O)cc1. The van der Waals surface area contributed by atoms with E-state index in [9.17, 15) is 9.59 Å². The molecular weight excluding hydrogens is 256 g/mol. The first kappa shape index (κ1) is 14.4. The number of hydrogen-bond acceptors (Lipinski definition) is 3. The number of phenolic OH excluding ortho intramolecular Hbond substituents is 1. The first-order valence-corrected chi connectivity index (χ1v) is 6.97. The second-order valence-corrected chi connectivity index (χ2v) is 5.34. The summed E-state index contributed by atoms with van der Waals surface area (Å²) in [5, 5.41) is 14.5. The summed E-state index contributed by atoms with van der Waals surface area (Å²) in [7, 11) is 0. The highest BCUT2D eigenvalue weighted by Crippen LogP contribution is 2.23. The van der Waals surface area contributed by atoms with Gasteiger partial charge < -0.3 is 15.7 Å². The molecule has 5 nitrogen and oxygen atoms in total. The number of carbonyl (C=O) groups is 2. The maximum absolute atomic E-state index is 11.9. The molecule has 1 aliphatic carbocycles. The molecule has 2 rings (SSSR count). The monoisotopic (exact) mass is 276 g/mol. The Kier molecular flexibility index (Phi) is 4.61. The van der Waals surface area contributed by atoms with Crippen LogP contribution in [-0.4, -0.2) is 23.0 Å². The van der Waals surface area contributed by atoms with Gasteiger partial charge in [-0.1, -0.05) is 19.8 Å². The predicted molar refractivity (Wildman–Crippen MR) is 76.3 cm³/mol. The second-order valence-electron chi connectivity index (χ2n) is 5.34. The molecule has 5 heteroatoms. The summed E-state index contributed by atoms with van der Waals surface area (Å²) < 4.78 is 0. The molecule has 0 aromatic heterocycles. The van der Waals surface area contributed by atoms with Gasteiger partial charge in [-0.05, 0) is 43.0 Å². The van der Waals surface area contributed by atoms with E-state index in [2.05, 4.69) is 17.6 Å². The molecule has 2 atom stereocenters. The lowest BCUT2D eigenvalue weighted by molar-refractivity contribution is -0.137. The molecule has 108 valence electrons. The highest BCUT2D eigenvalue weighted by molar-refractivity contribution is 6.39. The lowest BCUT2D eigenvalue weighted by Gasteiger charge is -2.29. The van der Waals surface area contributed by atoms with Gasteiger partial charge in [0.15, 0.2) is 0 Å². The van der Waals surface area contributed by atoms with Gasteiger partial charge >= 0.3 is 11.8 Å². The van der Waals surface area contributed by atoms with Crippen molar-refractivity contribution in [2.24, 2.45) is 5.92 Å². The Labute approximate surface area is 118 Å². The van der Waals surface area contributed by atoms with Crippen molar-refractivity contribution in [3.8, 4) is 5.75 Å². The van der Waals surface area contributed by atoms with Crippen LogP contribution in [0, 0.1) is 5.92 Å². The predicted octanol–water partition coefficient (Wildman–Crippen LogP) is 2.03. The van der Waals surface area contributed by atoms with Crippen LogP contribution in [0.15, 0.2) is 24.3 Å². The molecule has 20 heavy (non-hydrogen) atoms. The Morgan fingerprint density at radius 2 is 1.75 bits per heavy atom. The smallest absolute Gasteiger partial charge is 0.313 e. The second kappa shape index (κ2) is 6.41. The van der Waals surface area contributed by atoms with Crippen molar-refractivity contribution < 1.29 is 14.7 Å². The first-order valence-electron chi connectivity index (χ1n) is 6.97. The van der Waals surface area contributed by atoms with Gasteiger partial charge in [0, 0.05) is 11.7 Å². The van der Waals surface area contributed by atoms with Crippen molar-refractivity contribution in [3.63, 3.8) is 0 Å². The molecule has 1 aromatic rings. The van der Waals surface area contributed by atoms with Crippen molar-refractivity contribution in [1.82, 2.24) is 5.32 Å². The highest BCUT2D eigenvalue weighted by Gasteiger charge is 2.25. The van der Waals surface area contributed by atoms with Crippen LogP contribution in [0.1, 0.15) is 32.6 Å². The van der Waals surface area contributed by atoms with Gasteiger partial charge in [0.1, 0.15) is 5.75 Å². The number of rotatable bonds is 2. The van der Waals surface area contributed by atoms with Crippen molar-refractivity contribution in [2.75, 3.05) is 5.32 Å². The van der Waals surface area contributed by atoms with E-state index >= 15 is 0 Å². The van der Waals surface area contributed by atoms with Crippen LogP contribution in [-0.2, 0) is 9.59 Å². The van der Waals surface area contributed by atoms with E-state index < -0.39 is 11.8 Å². The van der Waals surface area contributed by atoms with Crippen molar-refractivity contribution in [3.05, 3.63) is 24.3 Å². The van der Waals surface area contributed by atoms with E-state index in [1.54, 1.807) is 12.1 Å². The third-order valence-electron chi connectivity index (χ3n) is 3.76. The summed E-state index contributed by atoms with van der Waals surface area (Å²) in [6.45, 7) is 2.10. The van der Waals surface area contributed by atoms with Crippen LogP contribution in [0.2, 0.25) is 0 Å². The number of hydrogen-bond donors (Lipinski definition) is 3. The molecule has 3 N–H and O–H groups in total. The van der Waals surface area contributed by atoms with Gasteiger partial charge in [0.25, 0.3) is 0 Å². The molecule has 1 aliphatic rings. The van der Waals surface area contributed by atoms with Crippen LogP contribution in [0.25, 0.3) is 0 Å². The van der Waals surface area contributed by atoms with Gasteiger partial charge in [-0.3, -0.25) is 9.59 Å². The fourth-order valence-corrected chi connectivity index (χ4v) is 2.50. The molecule has 1 aromatic carbocycles. The fraction of sp³-hybridized carbons (Fsp3) is 0.467. The molecule has 2 unspecified atom stereocenters. The van der Waals surface area contributed by atoms with Crippen LogP contribution >= 0.6 is 0 Å². The Morgan fingerprint density at radius 3 is 2.40 bits per heavy atom.